The molecule has 0 aliphatic carbocycles. The summed E-state index contributed by atoms with van der Waals surface area (Å²) in [5, 5.41) is 14.5. The van der Waals surface area contributed by atoms with E-state index in [-0.39, 0.29) is 0 Å². The highest BCUT2D eigenvalue weighted by Gasteiger charge is 2.27. The van der Waals surface area contributed by atoms with E-state index < -0.39 is 0 Å². The summed E-state index contributed by atoms with van der Waals surface area (Å²) in [6, 6.07) is 0.311. The zero-order chi connectivity index (χ0) is 13.0. The molecule has 3 atom stereocenters. The fourth-order valence-corrected chi connectivity index (χ4v) is 3.41. The molecule has 4 nitrogen and oxygen atoms in total. The first-order valence-corrected chi connectivity index (χ1v) is 7.68. The van der Waals surface area contributed by atoms with E-state index in [0.717, 1.165) is 37.6 Å². The third kappa shape index (κ3) is 3.28. The van der Waals surface area contributed by atoms with Crippen molar-refractivity contribution in [2.45, 2.75) is 45.6 Å². The van der Waals surface area contributed by atoms with Crippen LogP contribution in [0.1, 0.15) is 55.6 Å². The van der Waals surface area contributed by atoms with E-state index in [1.54, 1.807) is 11.3 Å². The monoisotopic (exact) mass is 269 g/mol. The van der Waals surface area contributed by atoms with E-state index in [1.807, 2.05) is 0 Å². The number of aromatic nitrogens is 2. The van der Waals surface area contributed by atoms with Crippen LogP contribution in [0.4, 0.5) is 0 Å². The summed E-state index contributed by atoms with van der Waals surface area (Å²) in [7, 11) is 0. The lowest BCUT2D eigenvalue weighted by molar-refractivity contribution is 0.0471. The Balaban J connectivity index is 2.00. The fourth-order valence-electron chi connectivity index (χ4n) is 2.27. The van der Waals surface area contributed by atoms with Gasteiger partial charge in [0.05, 0.1) is 6.04 Å². The van der Waals surface area contributed by atoms with Gasteiger partial charge in [-0.15, -0.1) is 10.2 Å². The summed E-state index contributed by atoms with van der Waals surface area (Å²) in [6.45, 7) is 9.31. The Bertz CT molecular complexity index is 369. The lowest BCUT2D eigenvalue weighted by Crippen LogP contribution is -2.23. The molecule has 102 valence electrons. The molecule has 3 unspecified atom stereocenters. The first-order valence-electron chi connectivity index (χ1n) is 6.86. The normalized spacial score (nSPS) is 26.2. The average molecular weight is 269 g/mol. The summed E-state index contributed by atoms with van der Waals surface area (Å²) in [5.41, 5.74) is 0. The molecule has 18 heavy (non-hydrogen) atoms. The van der Waals surface area contributed by atoms with Crippen molar-refractivity contribution in [3.63, 3.8) is 0 Å². The van der Waals surface area contributed by atoms with Gasteiger partial charge in [-0.2, -0.15) is 0 Å². The molecule has 1 saturated heterocycles. The van der Waals surface area contributed by atoms with Gasteiger partial charge in [0.1, 0.15) is 10.0 Å². The lowest BCUT2D eigenvalue weighted by atomic mass is 9.91. The first-order chi connectivity index (χ1) is 8.72. The van der Waals surface area contributed by atoms with Crippen LogP contribution in [0, 0.1) is 5.92 Å². The van der Waals surface area contributed by atoms with Crippen molar-refractivity contribution < 1.29 is 4.74 Å². The van der Waals surface area contributed by atoms with Gasteiger partial charge in [0, 0.05) is 19.1 Å². The molecular formula is C13H23N3OS. The smallest absolute Gasteiger partial charge is 0.134 e. The van der Waals surface area contributed by atoms with E-state index in [4.69, 9.17) is 4.74 Å². The molecule has 0 bridgehead atoms. The molecule has 0 saturated carbocycles. The molecule has 2 rings (SSSR count). The van der Waals surface area contributed by atoms with E-state index in [1.165, 1.54) is 5.01 Å². The molecule has 1 aromatic rings. The number of ether oxygens (including phenoxy) is 1. The van der Waals surface area contributed by atoms with E-state index in [9.17, 15) is 0 Å². The Hall–Kier alpha value is -0.520. The van der Waals surface area contributed by atoms with Crippen molar-refractivity contribution in [2.24, 2.45) is 5.92 Å². The molecule has 0 aromatic carbocycles. The number of nitrogens with zero attached hydrogens (tertiary/aromatic N) is 2. The van der Waals surface area contributed by atoms with Gasteiger partial charge in [0.2, 0.25) is 0 Å². The summed E-state index contributed by atoms with van der Waals surface area (Å²) in [5.74, 6) is 1.09. The van der Waals surface area contributed by atoms with E-state index >= 15 is 0 Å². The Morgan fingerprint density at radius 1 is 1.50 bits per heavy atom. The second-order valence-corrected chi connectivity index (χ2v) is 6.14. The fraction of sp³-hybridized carbons (Fsp3) is 0.846. The van der Waals surface area contributed by atoms with Gasteiger partial charge < -0.3 is 10.1 Å². The van der Waals surface area contributed by atoms with Gasteiger partial charge in [-0.05, 0) is 32.2 Å². The molecule has 1 fully saturated rings. The minimum absolute atomic E-state index is 0.311. The van der Waals surface area contributed by atoms with Crippen LogP contribution in [-0.2, 0) is 4.74 Å². The highest BCUT2D eigenvalue weighted by Crippen LogP contribution is 2.34. The minimum Gasteiger partial charge on any atom is -0.381 e. The van der Waals surface area contributed by atoms with Crippen molar-refractivity contribution in [2.75, 3.05) is 19.8 Å². The van der Waals surface area contributed by atoms with Crippen molar-refractivity contribution in [1.29, 1.82) is 0 Å². The lowest BCUT2D eigenvalue weighted by Gasteiger charge is -2.26. The molecule has 0 spiro atoms. The third-order valence-corrected chi connectivity index (χ3v) is 4.72. The zero-order valence-corrected chi connectivity index (χ0v) is 12.3. The van der Waals surface area contributed by atoms with Gasteiger partial charge in [-0.3, -0.25) is 0 Å². The first kappa shape index (κ1) is 13.9. The predicted molar refractivity (Wildman–Crippen MR) is 74.0 cm³/mol. The number of hydrogen-bond donors (Lipinski definition) is 1. The molecular weight excluding hydrogens is 246 g/mol. The number of hydrogen-bond acceptors (Lipinski definition) is 5. The van der Waals surface area contributed by atoms with Crippen LogP contribution in [0.5, 0.6) is 0 Å². The van der Waals surface area contributed by atoms with Crippen LogP contribution in [0.25, 0.3) is 0 Å². The third-order valence-electron chi connectivity index (χ3n) is 3.49. The zero-order valence-electron chi connectivity index (χ0n) is 11.5. The quantitative estimate of drug-likeness (QED) is 0.893. The molecule has 1 aliphatic rings. The van der Waals surface area contributed by atoms with Crippen molar-refractivity contribution in [1.82, 2.24) is 15.5 Å². The highest BCUT2D eigenvalue weighted by atomic mass is 32.1. The van der Waals surface area contributed by atoms with Gasteiger partial charge in [0.25, 0.3) is 0 Å². The standard InChI is InChI=1S/C13H23N3OS/c1-4-6-14-10(3)12-15-16-13(18-12)11-5-7-17-8-9(11)2/h9-11,14H,4-8H2,1-3H3. The Labute approximate surface area is 113 Å². The van der Waals surface area contributed by atoms with Gasteiger partial charge >= 0.3 is 0 Å². The molecule has 1 aromatic heterocycles. The van der Waals surface area contributed by atoms with Crippen molar-refractivity contribution in [3.05, 3.63) is 10.0 Å². The van der Waals surface area contributed by atoms with Crippen LogP contribution in [0.15, 0.2) is 0 Å². The highest BCUT2D eigenvalue weighted by molar-refractivity contribution is 7.11. The SMILES string of the molecule is CCCNC(C)c1nnc(C2CCOCC2C)s1. The maximum atomic E-state index is 5.48. The molecule has 2 heterocycles. The van der Waals surface area contributed by atoms with Crippen LogP contribution in [0.2, 0.25) is 0 Å². The van der Waals surface area contributed by atoms with Crippen LogP contribution < -0.4 is 5.32 Å². The molecule has 1 N–H and O–H groups in total. The van der Waals surface area contributed by atoms with Gasteiger partial charge in [-0.25, -0.2) is 0 Å². The second-order valence-electron chi connectivity index (χ2n) is 5.10. The summed E-state index contributed by atoms with van der Waals surface area (Å²) in [4.78, 5) is 0. The second kappa shape index (κ2) is 6.59. The predicted octanol–water partition coefficient (Wildman–Crippen LogP) is 2.74. The molecule has 5 heteroatoms. The Morgan fingerprint density at radius 2 is 2.33 bits per heavy atom. The number of rotatable bonds is 5. The molecule has 1 aliphatic heterocycles. The summed E-state index contributed by atoms with van der Waals surface area (Å²) in [6.07, 6.45) is 2.22. The summed E-state index contributed by atoms with van der Waals surface area (Å²) < 4.78 is 5.48. The minimum atomic E-state index is 0.311. The maximum Gasteiger partial charge on any atom is 0.134 e. The number of nitrogens with one attached hydrogen (secondary N) is 1. The molecule has 0 radical (unpaired) electrons. The maximum absolute atomic E-state index is 5.48. The van der Waals surface area contributed by atoms with E-state index in [0.29, 0.717) is 17.9 Å². The van der Waals surface area contributed by atoms with Crippen molar-refractivity contribution in [3.8, 4) is 0 Å². The van der Waals surface area contributed by atoms with Gasteiger partial charge in [-0.1, -0.05) is 25.2 Å². The Morgan fingerprint density at radius 3 is 3.06 bits per heavy atom. The van der Waals surface area contributed by atoms with Crippen LogP contribution >= 0.6 is 11.3 Å². The van der Waals surface area contributed by atoms with Gasteiger partial charge in [0.15, 0.2) is 0 Å². The average Bonchev–Trinajstić information content (AvgIpc) is 2.86. The summed E-state index contributed by atoms with van der Waals surface area (Å²) >= 11 is 1.76. The van der Waals surface area contributed by atoms with Crippen molar-refractivity contribution >= 4 is 11.3 Å². The molecule has 0 amide bonds. The Kier molecular flexibility index (Phi) is 5.09. The van der Waals surface area contributed by atoms with Crippen LogP contribution in [-0.4, -0.2) is 30.0 Å². The van der Waals surface area contributed by atoms with Crippen LogP contribution in [0.3, 0.4) is 0 Å². The van der Waals surface area contributed by atoms with E-state index in [2.05, 4.69) is 36.3 Å². The largest absolute Gasteiger partial charge is 0.381 e. The topological polar surface area (TPSA) is 47.0 Å².